The molecule has 0 aromatic heterocycles. The van der Waals surface area contributed by atoms with Crippen LogP contribution in [0.1, 0.15) is 23.6 Å². The first-order valence-corrected chi connectivity index (χ1v) is 4.48. The van der Waals surface area contributed by atoms with E-state index < -0.39 is 17.7 Å². The van der Waals surface area contributed by atoms with Gasteiger partial charge in [-0.15, -0.1) is 0 Å². The third-order valence-corrected chi connectivity index (χ3v) is 2.17. The summed E-state index contributed by atoms with van der Waals surface area (Å²) < 4.78 is 26.7. The second-order valence-electron chi connectivity index (χ2n) is 3.28. The first-order chi connectivity index (χ1) is 6.57. The minimum atomic E-state index is -0.667. The Morgan fingerprint density at radius 2 is 2.00 bits per heavy atom. The molecule has 0 unspecified atom stereocenters. The summed E-state index contributed by atoms with van der Waals surface area (Å²) in [6.07, 6.45) is 0.372. The van der Waals surface area contributed by atoms with Gasteiger partial charge in [0.2, 0.25) is 0 Å². The molecule has 1 aromatic carbocycles. The molecule has 0 spiro atoms. The molecule has 0 radical (unpaired) electrons. The van der Waals surface area contributed by atoms with Gasteiger partial charge in [0.15, 0.2) is 0 Å². The number of benzene rings is 1. The highest BCUT2D eigenvalue weighted by Gasteiger charge is 2.17. The molecular formula is C10H14F2N2. The number of halogens is 2. The van der Waals surface area contributed by atoms with Crippen LogP contribution in [0.25, 0.3) is 0 Å². The van der Waals surface area contributed by atoms with Crippen molar-refractivity contribution in [2.75, 3.05) is 6.54 Å². The molecule has 0 fully saturated rings. The molecule has 4 heteroatoms. The Morgan fingerprint density at radius 3 is 2.57 bits per heavy atom. The van der Waals surface area contributed by atoms with E-state index in [9.17, 15) is 8.78 Å². The zero-order chi connectivity index (χ0) is 10.7. The van der Waals surface area contributed by atoms with Crippen molar-refractivity contribution in [3.8, 4) is 0 Å². The van der Waals surface area contributed by atoms with Crippen molar-refractivity contribution >= 4 is 0 Å². The first-order valence-electron chi connectivity index (χ1n) is 4.48. The van der Waals surface area contributed by atoms with Crippen LogP contribution in [0.5, 0.6) is 0 Å². The van der Waals surface area contributed by atoms with Gasteiger partial charge in [-0.2, -0.15) is 0 Å². The normalized spacial score (nSPS) is 12.9. The van der Waals surface area contributed by atoms with E-state index in [-0.39, 0.29) is 5.56 Å². The quantitative estimate of drug-likeness (QED) is 0.779. The van der Waals surface area contributed by atoms with Crippen LogP contribution in [-0.4, -0.2) is 6.54 Å². The predicted octanol–water partition coefficient (Wildman–Crippen LogP) is 1.62. The molecule has 0 saturated carbocycles. The van der Waals surface area contributed by atoms with Gasteiger partial charge >= 0.3 is 0 Å². The van der Waals surface area contributed by atoms with Crippen molar-refractivity contribution in [2.24, 2.45) is 11.5 Å². The van der Waals surface area contributed by atoms with Gasteiger partial charge in [0, 0.05) is 11.6 Å². The van der Waals surface area contributed by atoms with E-state index in [2.05, 4.69) is 0 Å². The minimum Gasteiger partial charge on any atom is -0.330 e. The summed E-state index contributed by atoms with van der Waals surface area (Å²) in [5.41, 5.74) is 11.2. The van der Waals surface area contributed by atoms with E-state index >= 15 is 0 Å². The lowest BCUT2D eigenvalue weighted by Gasteiger charge is -2.13. The van der Waals surface area contributed by atoms with Crippen molar-refractivity contribution in [3.05, 3.63) is 34.9 Å². The summed E-state index contributed by atoms with van der Waals surface area (Å²) in [5.74, 6) is -1.17. The molecule has 2 nitrogen and oxygen atoms in total. The van der Waals surface area contributed by atoms with E-state index in [1.165, 1.54) is 12.1 Å². The summed E-state index contributed by atoms with van der Waals surface area (Å²) >= 11 is 0. The van der Waals surface area contributed by atoms with Crippen molar-refractivity contribution in [1.29, 1.82) is 0 Å². The lowest BCUT2D eigenvalue weighted by Crippen LogP contribution is -2.18. The highest BCUT2D eigenvalue weighted by Crippen LogP contribution is 2.23. The minimum absolute atomic E-state index is 0.0598. The summed E-state index contributed by atoms with van der Waals surface area (Å²) in [6.45, 7) is 1.89. The molecule has 14 heavy (non-hydrogen) atoms. The van der Waals surface area contributed by atoms with E-state index in [1.54, 1.807) is 6.92 Å². The van der Waals surface area contributed by atoms with Crippen LogP contribution >= 0.6 is 0 Å². The molecule has 0 saturated heterocycles. The van der Waals surface area contributed by atoms with Gasteiger partial charge in [-0.25, -0.2) is 8.78 Å². The fraction of sp³-hybridized carbons (Fsp3) is 0.400. The third-order valence-electron chi connectivity index (χ3n) is 2.17. The smallest absolute Gasteiger partial charge is 0.133 e. The van der Waals surface area contributed by atoms with Gasteiger partial charge in [0.05, 0.1) is 0 Å². The Bertz CT molecular complexity index is 326. The molecule has 1 atom stereocenters. The van der Waals surface area contributed by atoms with Crippen LogP contribution in [0.4, 0.5) is 8.78 Å². The molecular weight excluding hydrogens is 186 g/mol. The number of nitrogens with two attached hydrogens (primary N) is 2. The number of aryl methyl sites for hydroxylation is 1. The largest absolute Gasteiger partial charge is 0.330 e. The first kappa shape index (κ1) is 11.1. The van der Waals surface area contributed by atoms with Crippen molar-refractivity contribution in [3.63, 3.8) is 0 Å². The Morgan fingerprint density at radius 1 is 1.36 bits per heavy atom. The zero-order valence-electron chi connectivity index (χ0n) is 8.06. The van der Waals surface area contributed by atoms with Gasteiger partial charge < -0.3 is 11.5 Å². The third kappa shape index (κ3) is 2.08. The van der Waals surface area contributed by atoms with Gasteiger partial charge in [0.1, 0.15) is 11.6 Å². The van der Waals surface area contributed by atoms with Gasteiger partial charge in [-0.1, -0.05) is 6.07 Å². The lowest BCUT2D eigenvalue weighted by atomic mass is 10.0. The molecule has 0 aliphatic heterocycles. The maximum absolute atomic E-state index is 13.5. The number of rotatable bonds is 3. The summed E-state index contributed by atoms with van der Waals surface area (Å²) in [4.78, 5) is 0. The molecule has 78 valence electrons. The monoisotopic (exact) mass is 200 g/mol. The molecule has 0 amide bonds. The predicted molar refractivity (Wildman–Crippen MR) is 51.7 cm³/mol. The van der Waals surface area contributed by atoms with E-state index in [0.717, 1.165) is 0 Å². The van der Waals surface area contributed by atoms with Crippen LogP contribution in [-0.2, 0) is 0 Å². The second-order valence-corrected chi connectivity index (χ2v) is 3.28. The fourth-order valence-corrected chi connectivity index (χ4v) is 1.34. The van der Waals surface area contributed by atoms with Crippen LogP contribution in [0.15, 0.2) is 12.1 Å². The van der Waals surface area contributed by atoms with Gasteiger partial charge in [-0.05, 0) is 31.5 Å². The average Bonchev–Trinajstić information content (AvgIpc) is 2.13. The zero-order valence-corrected chi connectivity index (χ0v) is 8.06. The van der Waals surface area contributed by atoms with Crippen molar-refractivity contribution in [1.82, 2.24) is 0 Å². The Labute approximate surface area is 81.9 Å². The maximum atomic E-state index is 13.5. The van der Waals surface area contributed by atoms with Crippen LogP contribution in [0.2, 0.25) is 0 Å². The number of hydrogen-bond donors (Lipinski definition) is 2. The highest BCUT2D eigenvalue weighted by molar-refractivity contribution is 5.28. The molecule has 1 aromatic rings. The van der Waals surface area contributed by atoms with Gasteiger partial charge in [0.25, 0.3) is 0 Å². The number of hydrogen-bond acceptors (Lipinski definition) is 2. The van der Waals surface area contributed by atoms with E-state index in [1.807, 2.05) is 0 Å². The molecule has 4 N–H and O–H groups in total. The van der Waals surface area contributed by atoms with Crippen LogP contribution in [0.3, 0.4) is 0 Å². The average molecular weight is 200 g/mol. The standard InChI is InChI=1S/C10H14F2N2/c1-6-2-3-7(11)9(10(6)12)8(14)4-5-13/h2-3,8H,4-5,13-14H2,1H3/t8-/m1/s1. The highest BCUT2D eigenvalue weighted by atomic mass is 19.1. The summed E-state index contributed by atoms with van der Waals surface area (Å²) in [5, 5.41) is 0. The van der Waals surface area contributed by atoms with Gasteiger partial charge in [-0.3, -0.25) is 0 Å². The van der Waals surface area contributed by atoms with E-state index in [4.69, 9.17) is 11.5 Å². The Hall–Kier alpha value is -1.00. The Kier molecular flexibility index (Phi) is 3.55. The second kappa shape index (κ2) is 4.48. The molecule has 0 aliphatic carbocycles. The summed E-state index contributed by atoms with van der Waals surface area (Å²) in [7, 11) is 0. The Balaban J connectivity index is 3.11. The molecule has 1 rings (SSSR count). The molecule has 0 heterocycles. The van der Waals surface area contributed by atoms with Crippen LogP contribution < -0.4 is 11.5 Å². The van der Waals surface area contributed by atoms with E-state index in [0.29, 0.717) is 18.5 Å². The maximum Gasteiger partial charge on any atom is 0.133 e. The fourth-order valence-electron chi connectivity index (χ4n) is 1.34. The van der Waals surface area contributed by atoms with Crippen molar-refractivity contribution < 1.29 is 8.78 Å². The topological polar surface area (TPSA) is 52.0 Å². The lowest BCUT2D eigenvalue weighted by molar-refractivity contribution is 0.511. The van der Waals surface area contributed by atoms with Crippen LogP contribution in [0, 0.1) is 18.6 Å². The molecule has 0 aliphatic rings. The summed E-state index contributed by atoms with van der Waals surface area (Å²) in [6, 6.07) is 1.95. The molecule has 0 bridgehead atoms. The SMILES string of the molecule is Cc1ccc(F)c([C@H](N)CCN)c1F. The van der Waals surface area contributed by atoms with Crippen molar-refractivity contribution in [2.45, 2.75) is 19.4 Å².